The van der Waals surface area contributed by atoms with E-state index in [1.807, 2.05) is 41.8 Å². The Bertz CT molecular complexity index is 917. The molecule has 7 nitrogen and oxygen atoms in total. The molecule has 1 aliphatic heterocycles. The van der Waals surface area contributed by atoms with E-state index in [0.29, 0.717) is 29.7 Å². The predicted molar refractivity (Wildman–Crippen MR) is 107 cm³/mol. The molecule has 0 bridgehead atoms. The average molecular weight is 398 g/mol. The maximum atomic E-state index is 12.6. The van der Waals surface area contributed by atoms with Gasteiger partial charge >= 0.3 is 0 Å². The van der Waals surface area contributed by atoms with Gasteiger partial charge in [0.25, 0.3) is 0 Å². The van der Waals surface area contributed by atoms with E-state index in [0.717, 1.165) is 30.8 Å². The fraction of sp³-hybridized carbons (Fsp3) is 0.350. The zero-order valence-corrected chi connectivity index (χ0v) is 16.4. The number of ether oxygens (including phenoxy) is 1. The third-order valence-electron chi connectivity index (χ3n) is 4.89. The van der Waals surface area contributed by atoms with Crippen molar-refractivity contribution in [3.63, 3.8) is 0 Å². The van der Waals surface area contributed by atoms with Crippen molar-refractivity contribution in [3.8, 4) is 16.5 Å². The Labute approximate surface area is 167 Å². The summed E-state index contributed by atoms with van der Waals surface area (Å²) in [6.45, 7) is 2.25. The smallest absolute Gasteiger partial charge is 0.241 e. The Morgan fingerprint density at radius 1 is 1.29 bits per heavy atom. The number of thiophene rings is 1. The second-order valence-electron chi connectivity index (χ2n) is 6.73. The van der Waals surface area contributed by atoms with E-state index < -0.39 is 0 Å². The van der Waals surface area contributed by atoms with E-state index in [9.17, 15) is 4.79 Å². The number of aromatic nitrogens is 2. The second-order valence-corrected chi connectivity index (χ2v) is 7.68. The molecule has 0 saturated carbocycles. The molecule has 1 aliphatic rings. The minimum absolute atomic E-state index is 0.00877. The van der Waals surface area contributed by atoms with Crippen molar-refractivity contribution < 1.29 is 14.1 Å². The number of nitrogens with zero attached hydrogens (tertiary/aromatic N) is 3. The van der Waals surface area contributed by atoms with Crippen molar-refractivity contribution in [2.24, 2.45) is 5.92 Å². The van der Waals surface area contributed by atoms with E-state index in [1.165, 1.54) is 0 Å². The van der Waals surface area contributed by atoms with Crippen molar-refractivity contribution in [2.45, 2.75) is 19.4 Å². The predicted octanol–water partition coefficient (Wildman–Crippen LogP) is 3.66. The number of para-hydroxylation sites is 2. The van der Waals surface area contributed by atoms with E-state index in [1.54, 1.807) is 18.4 Å². The van der Waals surface area contributed by atoms with Crippen LogP contribution in [0.2, 0.25) is 0 Å². The summed E-state index contributed by atoms with van der Waals surface area (Å²) >= 11 is 1.59. The van der Waals surface area contributed by atoms with Gasteiger partial charge < -0.3 is 14.6 Å². The Morgan fingerprint density at radius 2 is 2.11 bits per heavy atom. The quantitative estimate of drug-likeness (QED) is 0.683. The third-order valence-corrected chi connectivity index (χ3v) is 5.76. The standard InChI is InChI=1S/C20H22N4O3S/c1-26-16-6-3-2-5-15(16)21-20(25)14-8-10-24(11-9-14)13-18-22-19(23-27-18)17-7-4-12-28-17/h2-7,12,14H,8-11,13H2,1H3,(H,21,25). The van der Waals surface area contributed by atoms with E-state index in [-0.39, 0.29) is 11.8 Å². The number of rotatable bonds is 6. The van der Waals surface area contributed by atoms with Gasteiger partial charge in [0.15, 0.2) is 0 Å². The van der Waals surface area contributed by atoms with Crippen molar-refractivity contribution in [1.82, 2.24) is 15.0 Å². The van der Waals surface area contributed by atoms with Crippen LogP contribution in [0.5, 0.6) is 5.75 Å². The van der Waals surface area contributed by atoms with Gasteiger partial charge in [-0.05, 0) is 49.5 Å². The summed E-state index contributed by atoms with van der Waals surface area (Å²) in [5, 5.41) is 9.04. The SMILES string of the molecule is COc1ccccc1NC(=O)C1CCN(Cc2nc(-c3cccs3)no2)CC1. The fourth-order valence-corrected chi connectivity index (χ4v) is 4.00. The van der Waals surface area contributed by atoms with Crippen LogP contribution in [0, 0.1) is 5.92 Å². The number of carbonyl (C=O) groups is 1. The molecule has 28 heavy (non-hydrogen) atoms. The Kier molecular flexibility index (Phi) is 5.68. The van der Waals surface area contributed by atoms with Crippen LogP contribution >= 0.6 is 11.3 Å². The Hall–Kier alpha value is -2.71. The topological polar surface area (TPSA) is 80.5 Å². The molecule has 1 amide bonds. The first kappa shape index (κ1) is 18.6. The number of carbonyl (C=O) groups excluding carboxylic acids is 1. The highest BCUT2D eigenvalue weighted by Crippen LogP contribution is 2.26. The molecular weight excluding hydrogens is 376 g/mol. The Balaban J connectivity index is 1.29. The van der Waals surface area contributed by atoms with Crippen molar-refractivity contribution >= 4 is 22.9 Å². The molecule has 4 rings (SSSR count). The van der Waals surface area contributed by atoms with Gasteiger partial charge in [-0.15, -0.1) is 11.3 Å². The van der Waals surface area contributed by atoms with Crippen LogP contribution in [0.25, 0.3) is 10.7 Å². The lowest BCUT2D eigenvalue weighted by Gasteiger charge is -2.30. The summed E-state index contributed by atoms with van der Waals surface area (Å²) in [4.78, 5) is 20.3. The molecule has 3 aromatic rings. The average Bonchev–Trinajstić information content (AvgIpc) is 3.41. The molecule has 8 heteroatoms. The number of methoxy groups -OCH3 is 1. The van der Waals surface area contributed by atoms with Gasteiger partial charge in [-0.1, -0.05) is 23.4 Å². The number of benzene rings is 1. The number of hydrogen-bond acceptors (Lipinski definition) is 7. The molecule has 1 aromatic carbocycles. The number of piperidine rings is 1. The number of likely N-dealkylation sites (tertiary alicyclic amines) is 1. The second kappa shape index (κ2) is 8.53. The number of nitrogens with one attached hydrogen (secondary N) is 1. The van der Waals surface area contributed by atoms with Gasteiger partial charge in [-0.25, -0.2) is 0 Å². The minimum Gasteiger partial charge on any atom is -0.495 e. The lowest BCUT2D eigenvalue weighted by atomic mass is 9.96. The lowest BCUT2D eigenvalue weighted by Crippen LogP contribution is -2.37. The maximum absolute atomic E-state index is 12.6. The molecule has 0 unspecified atom stereocenters. The highest BCUT2D eigenvalue weighted by atomic mass is 32.1. The van der Waals surface area contributed by atoms with Crippen LogP contribution in [-0.2, 0) is 11.3 Å². The summed E-state index contributed by atoms with van der Waals surface area (Å²) in [6.07, 6.45) is 1.60. The molecule has 1 N–H and O–H groups in total. The van der Waals surface area contributed by atoms with Gasteiger partial charge in [0.2, 0.25) is 17.6 Å². The van der Waals surface area contributed by atoms with Gasteiger partial charge in [0.1, 0.15) is 5.75 Å². The molecule has 0 spiro atoms. The molecule has 0 radical (unpaired) electrons. The van der Waals surface area contributed by atoms with Crippen LogP contribution in [0.15, 0.2) is 46.3 Å². The van der Waals surface area contributed by atoms with Gasteiger partial charge in [0, 0.05) is 5.92 Å². The molecule has 3 heterocycles. The van der Waals surface area contributed by atoms with Crippen molar-refractivity contribution in [3.05, 3.63) is 47.7 Å². The van der Waals surface area contributed by atoms with Crippen molar-refractivity contribution in [2.75, 3.05) is 25.5 Å². The fourth-order valence-electron chi connectivity index (χ4n) is 3.35. The van der Waals surface area contributed by atoms with Crippen LogP contribution in [0.1, 0.15) is 18.7 Å². The molecule has 1 saturated heterocycles. The Morgan fingerprint density at radius 3 is 2.86 bits per heavy atom. The van der Waals surface area contributed by atoms with E-state index in [2.05, 4.69) is 20.4 Å². The summed E-state index contributed by atoms with van der Waals surface area (Å²) < 4.78 is 10.7. The molecule has 2 aromatic heterocycles. The van der Waals surface area contributed by atoms with Gasteiger partial charge in [-0.3, -0.25) is 9.69 Å². The summed E-state index contributed by atoms with van der Waals surface area (Å²) in [5.74, 6) is 1.95. The molecule has 0 aliphatic carbocycles. The highest BCUT2D eigenvalue weighted by Gasteiger charge is 2.26. The van der Waals surface area contributed by atoms with Crippen LogP contribution in [0.4, 0.5) is 5.69 Å². The van der Waals surface area contributed by atoms with Gasteiger partial charge in [0.05, 0.1) is 24.2 Å². The molecule has 146 valence electrons. The van der Waals surface area contributed by atoms with Crippen molar-refractivity contribution in [1.29, 1.82) is 0 Å². The van der Waals surface area contributed by atoms with Crippen LogP contribution in [0.3, 0.4) is 0 Å². The van der Waals surface area contributed by atoms with E-state index in [4.69, 9.17) is 9.26 Å². The zero-order valence-electron chi connectivity index (χ0n) is 15.6. The zero-order chi connectivity index (χ0) is 19.3. The normalized spacial score (nSPS) is 15.5. The molecule has 1 fully saturated rings. The van der Waals surface area contributed by atoms with Crippen LogP contribution in [-0.4, -0.2) is 41.1 Å². The third kappa shape index (κ3) is 4.23. The lowest BCUT2D eigenvalue weighted by molar-refractivity contribution is -0.121. The van der Waals surface area contributed by atoms with Gasteiger partial charge in [-0.2, -0.15) is 4.98 Å². The minimum atomic E-state index is -0.00877. The summed E-state index contributed by atoms with van der Waals surface area (Å²) in [6, 6.07) is 11.4. The number of hydrogen-bond donors (Lipinski definition) is 1. The first-order valence-electron chi connectivity index (χ1n) is 9.25. The molecule has 0 atom stereocenters. The maximum Gasteiger partial charge on any atom is 0.241 e. The van der Waals surface area contributed by atoms with E-state index >= 15 is 0 Å². The largest absolute Gasteiger partial charge is 0.495 e. The number of anilines is 1. The summed E-state index contributed by atoms with van der Waals surface area (Å²) in [7, 11) is 1.60. The molecular formula is C20H22N4O3S. The first-order chi connectivity index (χ1) is 13.7. The van der Waals surface area contributed by atoms with Crippen LogP contribution < -0.4 is 10.1 Å². The first-order valence-corrected chi connectivity index (χ1v) is 10.1. The monoisotopic (exact) mass is 398 g/mol. The highest BCUT2D eigenvalue weighted by molar-refractivity contribution is 7.13. The summed E-state index contributed by atoms with van der Waals surface area (Å²) in [5.41, 5.74) is 0.712. The number of amides is 1.